The summed E-state index contributed by atoms with van der Waals surface area (Å²) in [5.74, 6) is -0.0188. The smallest absolute Gasteiger partial charge is 0.328 e. The molecule has 1 aromatic heterocycles. The highest BCUT2D eigenvalue weighted by Gasteiger charge is 2.17. The molecule has 1 saturated heterocycles. The summed E-state index contributed by atoms with van der Waals surface area (Å²) in [4.78, 5) is 25.6. The number of nitrogens with zero attached hydrogens (tertiary/aromatic N) is 3. The van der Waals surface area contributed by atoms with E-state index in [1.165, 1.54) is 4.57 Å². The third-order valence-electron chi connectivity index (χ3n) is 3.05. The van der Waals surface area contributed by atoms with Crippen molar-refractivity contribution < 1.29 is 9.53 Å². The van der Waals surface area contributed by atoms with Crippen molar-refractivity contribution in [2.75, 3.05) is 26.3 Å². The minimum Gasteiger partial charge on any atom is -0.378 e. The van der Waals surface area contributed by atoms with E-state index in [2.05, 4.69) is 0 Å². The van der Waals surface area contributed by atoms with Crippen LogP contribution in [0.1, 0.15) is 13.3 Å². The third-order valence-corrected chi connectivity index (χ3v) is 3.05. The Labute approximate surface area is 106 Å². The van der Waals surface area contributed by atoms with Gasteiger partial charge in [0.05, 0.1) is 13.2 Å². The maximum atomic E-state index is 12.0. The number of morpholine rings is 1. The van der Waals surface area contributed by atoms with Crippen LogP contribution in [0, 0.1) is 0 Å². The van der Waals surface area contributed by atoms with Gasteiger partial charge in [-0.2, -0.15) is 0 Å². The fourth-order valence-electron chi connectivity index (χ4n) is 2.04. The molecule has 0 bridgehead atoms. The SMILES string of the molecule is CCCn1ccn(CC(=O)N2CCOCC2)c1=O. The van der Waals surface area contributed by atoms with Crippen LogP contribution < -0.4 is 5.69 Å². The first-order valence-electron chi connectivity index (χ1n) is 6.33. The molecule has 1 fully saturated rings. The number of aromatic nitrogens is 2. The standard InChI is InChI=1S/C12H19N3O3/c1-2-3-14-4-5-15(12(14)17)10-11(16)13-6-8-18-9-7-13/h4-5H,2-3,6-10H2,1H3. The van der Waals surface area contributed by atoms with Crippen molar-refractivity contribution in [2.45, 2.75) is 26.4 Å². The fraction of sp³-hybridized carbons (Fsp3) is 0.667. The summed E-state index contributed by atoms with van der Waals surface area (Å²) in [5, 5.41) is 0. The Morgan fingerprint density at radius 3 is 2.61 bits per heavy atom. The van der Waals surface area contributed by atoms with Crippen molar-refractivity contribution in [2.24, 2.45) is 0 Å². The summed E-state index contributed by atoms with van der Waals surface area (Å²) in [6, 6.07) is 0. The quantitative estimate of drug-likeness (QED) is 0.754. The molecule has 0 atom stereocenters. The molecule has 1 aliphatic heterocycles. The summed E-state index contributed by atoms with van der Waals surface area (Å²) < 4.78 is 8.29. The molecule has 0 aromatic carbocycles. The molecule has 18 heavy (non-hydrogen) atoms. The van der Waals surface area contributed by atoms with Gasteiger partial charge >= 0.3 is 5.69 Å². The second-order valence-corrected chi connectivity index (χ2v) is 4.40. The van der Waals surface area contributed by atoms with E-state index < -0.39 is 0 Å². The number of aryl methyl sites for hydroxylation is 1. The zero-order valence-corrected chi connectivity index (χ0v) is 10.7. The van der Waals surface area contributed by atoms with Gasteiger partial charge in [0.15, 0.2) is 0 Å². The summed E-state index contributed by atoms with van der Waals surface area (Å²) >= 11 is 0. The molecule has 0 saturated carbocycles. The molecule has 0 radical (unpaired) electrons. The van der Waals surface area contributed by atoms with Crippen LogP contribution in [0.5, 0.6) is 0 Å². The van der Waals surface area contributed by atoms with E-state index in [1.807, 2.05) is 6.92 Å². The first-order chi connectivity index (χ1) is 8.72. The van der Waals surface area contributed by atoms with Gasteiger partial charge in [-0.25, -0.2) is 4.79 Å². The Balaban J connectivity index is 2.00. The minimum absolute atomic E-state index is 0.0188. The Hall–Kier alpha value is -1.56. The molecule has 0 unspecified atom stereocenters. The van der Waals surface area contributed by atoms with Gasteiger partial charge < -0.3 is 9.64 Å². The van der Waals surface area contributed by atoms with Crippen molar-refractivity contribution in [3.8, 4) is 0 Å². The first kappa shape index (κ1) is 12.9. The maximum absolute atomic E-state index is 12.0. The molecule has 6 nitrogen and oxygen atoms in total. The Morgan fingerprint density at radius 2 is 1.94 bits per heavy atom. The highest BCUT2D eigenvalue weighted by atomic mass is 16.5. The lowest BCUT2D eigenvalue weighted by Crippen LogP contribution is -2.43. The Morgan fingerprint density at radius 1 is 1.28 bits per heavy atom. The van der Waals surface area contributed by atoms with E-state index >= 15 is 0 Å². The molecule has 1 aromatic rings. The van der Waals surface area contributed by atoms with Crippen molar-refractivity contribution in [3.63, 3.8) is 0 Å². The second kappa shape index (κ2) is 5.86. The van der Waals surface area contributed by atoms with Gasteiger partial charge in [-0.05, 0) is 6.42 Å². The zero-order chi connectivity index (χ0) is 13.0. The Bertz CT molecular complexity index is 457. The lowest BCUT2D eigenvalue weighted by Gasteiger charge is -2.26. The van der Waals surface area contributed by atoms with Crippen LogP contribution in [-0.4, -0.2) is 46.2 Å². The number of ether oxygens (including phenoxy) is 1. The summed E-state index contributed by atoms with van der Waals surface area (Å²) in [7, 11) is 0. The number of imidazole rings is 1. The molecule has 2 rings (SSSR count). The van der Waals surface area contributed by atoms with Crippen LogP contribution in [0.4, 0.5) is 0 Å². The van der Waals surface area contributed by atoms with Gasteiger partial charge in [-0.15, -0.1) is 0 Å². The zero-order valence-electron chi connectivity index (χ0n) is 10.7. The molecule has 0 aliphatic carbocycles. The van der Waals surface area contributed by atoms with Gasteiger partial charge in [0.1, 0.15) is 6.54 Å². The number of carbonyl (C=O) groups excluding carboxylic acids is 1. The molecule has 6 heteroatoms. The van der Waals surface area contributed by atoms with E-state index in [0.29, 0.717) is 32.8 Å². The number of hydrogen-bond donors (Lipinski definition) is 0. The monoisotopic (exact) mass is 253 g/mol. The average Bonchev–Trinajstić information content (AvgIpc) is 2.73. The number of amides is 1. The van der Waals surface area contributed by atoms with Crippen molar-refractivity contribution >= 4 is 5.91 Å². The van der Waals surface area contributed by atoms with E-state index in [-0.39, 0.29) is 18.1 Å². The predicted molar refractivity (Wildman–Crippen MR) is 66.4 cm³/mol. The van der Waals surface area contributed by atoms with Crippen LogP contribution in [0.3, 0.4) is 0 Å². The fourth-order valence-corrected chi connectivity index (χ4v) is 2.04. The highest BCUT2D eigenvalue weighted by Crippen LogP contribution is 1.99. The van der Waals surface area contributed by atoms with Crippen molar-refractivity contribution in [1.82, 2.24) is 14.0 Å². The van der Waals surface area contributed by atoms with Gasteiger partial charge in [-0.1, -0.05) is 6.92 Å². The molecule has 1 aliphatic rings. The van der Waals surface area contributed by atoms with E-state index in [9.17, 15) is 9.59 Å². The van der Waals surface area contributed by atoms with Crippen molar-refractivity contribution in [3.05, 3.63) is 22.9 Å². The lowest BCUT2D eigenvalue weighted by molar-refractivity contribution is -0.135. The highest BCUT2D eigenvalue weighted by molar-refractivity contribution is 5.76. The number of hydrogen-bond acceptors (Lipinski definition) is 3. The van der Waals surface area contributed by atoms with Crippen LogP contribution >= 0.6 is 0 Å². The topological polar surface area (TPSA) is 56.5 Å². The summed E-state index contributed by atoms with van der Waals surface area (Å²) in [6.07, 6.45) is 4.32. The number of carbonyl (C=O) groups is 1. The van der Waals surface area contributed by atoms with E-state index in [4.69, 9.17) is 4.74 Å². The Kier molecular flexibility index (Phi) is 4.19. The van der Waals surface area contributed by atoms with Crippen LogP contribution in [-0.2, 0) is 22.6 Å². The molecule has 100 valence electrons. The molecule has 1 amide bonds. The maximum Gasteiger partial charge on any atom is 0.328 e. The third kappa shape index (κ3) is 2.81. The van der Waals surface area contributed by atoms with Crippen molar-refractivity contribution in [1.29, 1.82) is 0 Å². The predicted octanol–water partition coefficient (Wildman–Crippen LogP) is -0.0814. The van der Waals surface area contributed by atoms with E-state index in [0.717, 1.165) is 6.42 Å². The first-order valence-corrected chi connectivity index (χ1v) is 6.33. The minimum atomic E-state index is -0.113. The molecule has 0 N–H and O–H groups in total. The van der Waals surface area contributed by atoms with Gasteiger partial charge in [0, 0.05) is 32.0 Å². The van der Waals surface area contributed by atoms with Gasteiger partial charge in [-0.3, -0.25) is 13.9 Å². The van der Waals surface area contributed by atoms with Gasteiger partial charge in [0.2, 0.25) is 5.91 Å². The van der Waals surface area contributed by atoms with Crippen LogP contribution in [0.2, 0.25) is 0 Å². The number of rotatable bonds is 4. The van der Waals surface area contributed by atoms with E-state index in [1.54, 1.807) is 21.9 Å². The summed E-state index contributed by atoms with van der Waals surface area (Å²) in [6.45, 7) is 5.22. The van der Waals surface area contributed by atoms with Crippen LogP contribution in [0.15, 0.2) is 17.2 Å². The molecular formula is C12H19N3O3. The summed E-state index contributed by atoms with van der Waals surface area (Å²) in [5.41, 5.74) is -0.113. The molecular weight excluding hydrogens is 234 g/mol. The largest absolute Gasteiger partial charge is 0.378 e. The lowest BCUT2D eigenvalue weighted by atomic mass is 10.4. The van der Waals surface area contributed by atoms with Gasteiger partial charge in [0.25, 0.3) is 0 Å². The molecule has 2 heterocycles. The average molecular weight is 253 g/mol. The van der Waals surface area contributed by atoms with Crippen LogP contribution in [0.25, 0.3) is 0 Å². The molecule has 0 spiro atoms. The normalized spacial score (nSPS) is 15.9. The second-order valence-electron chi connectivity index (χ2n) is 4.40.